The minimum absolute atomic E-state index is 0.00618. The van der Waals surface area contributed by atoms with E-state index in [2.05, 4.69) is 19.2 Å². The maximum Gasteiger partial charge on any atom is 0.159 e. The maximum atomic E-state index is 14.3. The predicted molar refractivity (Wildman–Crippen MR) is 198 cm³/mol. The van der Waals surface area contributed by atoms with Gasteiger partial charge >= 0.3 is 0 Å². The summed E-state index contributed by atoms with van der Waals surface area (Å²) >= 11 is 0. The summed E-state index contributed by atoms with van der Waals surface area (Å²) in [7, 11) is 0. The van der Waals surface area contributed by atoms with Gasteiger partial charge in [-0.1, -0.05) is 33.1 Å². The van der Waals surface area contributed by atoms with Gasteiger partial charge in [-0.15, -0.1) is 0 Å². The van der Waals surface area contributed by atoms with Gasteiger partial charge in [-0.25, -0.2) is 0 Å². The van der Waals surface area contributed by atoms with Crippen LogP contribution in [0.25, 0.3) is 0 Å². The number of fused-ring (bicyclic) bond motifs is 6. The second-order valence-electron chi connectivity index (χ2n) is 19.2. The average Bonchev–Trinajstić information content (AvgIpc) is 3.51. The van der Waals surface area contributed by atoms with Gasteiger partial charge in [0.05, 0.1) is 41.8 Å². The molecule has 2 heterocycles. The highest BCUT2D eigenvalue weighted by Crippen LogP contribution is 2.71. The molecule has 0 aromatic heterocycles. The van der Waals surface area contributed by atoms with Gasteiger partial charge in [-0.05, 0) is 156 Å². The molecule has 52 heavy (non-hydrogen) atoms. The third-order valence-electron chi connectivity index (χ3n) is 16.8. The average molecular weight is 731 g/mol. The van der Waals surface area contributed by atoms with Crippen molar-refractivity contribution in [3.63, 3.8) is 0 Å². The molecule has 0 radical (unpaired) electrons. The monoisotopic (exact) mass is 731 g/mol. The first kappa shape index (κ1) is 39.3. The van der Waals surface area contributed by atoms with Crippen molar-refractivity contribution in [3.8, 4) is 0 Å². The Labute approximate surface area is 311 Å². The Kier molecular flexibility index (Phi) is 11.2. The van der Waals surface area contributed by atoms with Gasteiger partial charge in [0.15, 0.2) is 5.78 Å². The number of nitrogens with one attached hydrogen (secondary N) is 1. The van der Waals surface area contributed by atoms with Crippen LogP contribution in [0.5, 0.6) is 0 Å². The lowest BCUT2D eigenvalue weighted by Crippen LogP contribution is -2.65. The molecule has 4 saturated carbocycles. The molecule has 0 aromatic carbocycles. The molecular formula is C42H70N2O8. The summed E-state index contributed by atoms with van der Waals surface area (Å²) in [5.74, 6) is 0.276. The van der Waals surface area contributed by atoms with Crippen molar-refractivity contribution in [2.75, 3.05) is 13.2 Å². The van der Waals surface area contributed by atoms with E-state index in [1.807, 2.05) is 0 Å². The molecule has 0 aromatic rings. The smallest absolute Gasteiger partial charge is 0.159 e. The molecule has 0 bridgehead atoms. The lowest BCUT2D eigenvalue weighted by atomic mass is 9.43. The Morgan fingerprint density at radius 1 is 1.00 bits per heavy atom. The number of nitrogens with two attached hydrogens (primary N) is 1. The molecule has 7 aliphatic rings. The normalized spacial score (nSPS) is 49.5. The van der Waals surface area contributed by atoms with Crippen LogP contribution in [0.15, 0.2) is 11.6 Å². The molecule has 2 aliphatic heterocycles. The molecule has 17 atom stereocenters. The summed E-state index contributed by atoms with van der Waals surface area (Å²) < 4.78 is 6.69. The van der Waals surface area contributed by atoms with Crippen molar-refractivity contribution >= 4 is 5.78 Å². The Balaban J connectivity index is 1.17. The van der Waals surface area contributed by atoms with E-state index in [-0.39, 0.29) is 49.3 Å². The number of rotatable bonds is 10. The minimum atomic E-state index is -1.61. The molecule has 10 nitrogen and oxygen atoms in total. The topological polar surface area (TPSA) is 186 Å². The van der Waals surface area contributed by atoms with Gasteiger partial charge in [0, 0.05) is 17.9 Å². The molecular weight excluding hydrogens is 660 g/mol. The molecule has 0 amide bonds. The van der Waals surface area contributed by atoms with E-state index >= 15 is 0 Å². The number of ether oxygens (including phenoxy) is 1. The molecule has 10 heteroatoms. The van der Waals surface area contributed by atoms with Gasteiger partial charge < -0.3 is 46.4 Å². The fourth-order valence-corrected chi connectivity index (χ4v) is 14.0. The van der Waals surface area contributed by atoms with E-state index in [0.717, 1.165) is 51.0 Å². The van der Waals surface area contributed by atoms with E-state index in [1.165, 1.54) is 19.3 Å². The number of carbonyl (C=O) groups is 1. The van der Waals surface area contributed by atoms with Crippen molar-refractivity contribution in [2.24, 2.45) is 58.0 Å². The summed E-state index contributed by atoms with van der Waals surface area (Å²) in [5.41, 5.74) is 2.15. The molecule has 17 unspecified atom stereocenters. The van der Waals surface area contributed by atoms with Crippen LogP contribution in [0.4, 0.5) is 0 Å². The van der Waals surface area contributed by atoms with Crippen LogP contribution in [-0.4, -0.2) is 97.5 Å². The van der Waals surface area contributed by atoms with Crippen LogP contribution in [-0.2, 0) is 9.53 Å². The molecule has 296 valence electrons. The molecule has 7 rings (SSSR count). The third-order valence-corrected chi connectivity index (χ3v) is 16.8. The Morgan fingerprint density at radius 3 is 2.46 bits per heavy atom. The summed E-state index contributed by atoms with van der Waals surface area (Å²) in [6.07, 6.45) is 11.0. The quantitative estimate of drug-likeness (QED) is 0.165. The number of allylic oxidation sites excluding steroid dienone is 1. The van der Waals surface area contributed by atoms with E-state index in [4.69, 9.17) is 10.5 Å². The van der Waals surface area contributed by atoms with Gasteiger partial charge in [-0.3, -0.25) is 4.79 Å². The number of hydrogen-bond donors (Lipinski definition) is 8. The Bertz CT molecular complexity index is 1320. The van der Waals surface area contributed by atoms with Crippen LogP contribution in [0.2, 0.25) is 0 Å². The fourth-order valence-electron chi connectivity index (χ4n) is 14.0. The van der Waals surface area contributed by atoms with Crippen molar-refractivity contribution in [1.82, 2.24) is 5.32 Å². The molecule has 2 saturated heterocycles. The maximum absolute atomic E-state index is 14.3. The highest BCUT2D eigenvalue weighted by Gasteiger charge is 2.71. The second kappa shape index (κ2) is 14.8. The van der Waals surface area contributed by atoms with E-state index in [9.17, 15) is 35.4 Å². The van der Waals surface area contributed by atoms with Gasteiger partial charge in [0.25, 0.3) is 0 Å². The third kappa shape index (κ3) is 6.30. The highest BCUT2D eigenvalue weighted by molar-refractivity contribution is 5.95. The van der Waals surface area contributed by atoms with E-state index in [0.29, 0.717) is 55.9 Å². The van der Waals surface area contributed by atoms with Crippen LogP contribution < -0.4 is 11.1 Å². The summed E-state index contributed by atoms with van der Waals surface area (Å²) in [6.45, 7) is 6.74. The lowest BCUT2D eigenvalue weighted by molar-refractivity contribution is -0.206. The number of aliphatic hydroxyl groups is 6. The largest absolute Gasteiger partial charge is 0.396 e. The Morgan fingerprint density at radius 2 is 1.75 bits per heavy atom. The number of piperidine rings is 1. The van der Waals surface area contributed by atoms with Gasteiger partial charge in [0.1, 0.15) is 6.10 Å². The molecule has 5 aliphatic carbocycles. The van der Waals surface area contributed by atoms with Crippen molar-refractivity contribution in [3.05, 3.63) is 11.6 Å². The summed E-state index contributed by atoms with van der Waals surface area (Å²) in [5, 5.41) is 74.0. The molecule has 9 N–H and O–H groups in total. The standard InChI is InChI=1S/C42H70N2O8/c1-4-5-25-6-9-27-24(2)37(52-34(27)10-7-25)38(49)39(3,50)35-14-17-42(51)29-20-31(46)30-21-32(47)33(48)22-40(30,15-12-26-8-11-36(43)44-23-26)28(29)13-16-41(35,42)18-19-45/h20,24-28,30,32-38,44-45,47-51H,4-19,21-23,43H2,1-3H3. The minimum Gasteiger partial charge on any atom is -0.396 e. The SMILES string of the molecule is CCCC1CCC2OC(C(O)C(C)(O)C3CCC4(O)C5=CC(=O)C6CC(O)C(O)CC6(CCC6CCC(N)NC6)C5CCC34CCO)C(C)C2CC1. The zero-order valence-electron chi connectivity index (χ0n) is 32.1. The van der Waals surface area contributed by atoms with Crippen molar-refractivity contribution in [2.45, 2.75) is 178 Å². The van der Waals surface area contributed by atoms with Crippen LogP contribution >= 0.6 is 0 Å². The van der Waals surface area contributed by atoms with E-state index < -0.39 is 58.3 Å². The van der Waals surface area contributed by atoms with E-state index in [1.54, 1.807) is 13.0 Å². The zero-order chi connectivity index (χ0) is 37.2. The van der Waals surface area contributed by atoms with Crippen molar-refractivity contribution < 1.29 is 40.2 Å². The second-order valence-corrected chi connectivity index (χ2v) is 19.2. The van der Waals surface area contributed by atoms with Gasteiger partial charge in [-0.2, -0.15) is 0 Å². The first-order chi connectivity index (χ1) is 24.7. The number of ketones is 1. The van der Waals surface area contributed by atoms with Crippen LogP contribution in [0, 0.1) is 52.3 Å². The first-order valence-electron chi connectivity index (χ1n) is 21.2. The number of hydrogen-bond acceptors (Lipinski definition) is 10. The summed E-state index contributed by atoms with van der Waals surface area (Å²) in [4.78, 5) is 14.3. The van der Waals surface area contributed by atoms with Crippen molar-refractivity contribution in [1.29, 1.82) is 0 Å². The highest BCUT2D eigenvalue weighted by atomic mass is 16.5. The zero-order valence-corrected chi connectivity index (χ0v) is 32.1. The number of carbonyl (C=O) groups excluding carboxylic acids is 1. The summed E-state index contributed by atoms with van der Waals surface area (Å²) in [6, 6.07) is 0. The first-order valence-corrected chi connectivity index (χ1v) is 21.2. The van der Waals surface area contributed by atoms with Gasteiger partial charge in [0.2, 0.25) is 0 Å². The van der Waals surface area contributed by atoms with Crippen LogP contribution in [0.3, 0.4) is 0 Å². The van der Waals surface area contributed by atoms with Crippen LogP contribution in [0.1, 0.15) is 130 Å². The fraction of sp³-hybridized carbons (Fsp3) is 0.929. The predicted octanol–water partition coefficient (Wildman–Crippen LogP) is 3.72. The lowest BCUT2D eigenvalue weighted by Gasteiger charge is -2.62. The molecule has 0 spiro atoms. The number of aliphatic hydroxyl groups excluding tert-OH is 4. The molecule has 6 fully saturated rings. The Hall–Kier alpha value is -0.950.